The summed E-state index contributed by atoms with van der Waals surface area (Å²) in [5.41, 5.74) is -4.06. The van der Waals surface area contributed by atoms with Crippen molar-refractivity contribution < 1.29 is 31.9 Å². The molecule has 0 aromatic rings. The molecular formula is C22H29F5O2. The van der Waals surface area contributed by atoms with Crippen LogP contribution in [0.1, 0.15) is 65.7 Å². The van der Waals surface area contributed by atoms with Crippen LogP contribution >= 0.6 is 0 Å². The molecule has 0 saturated heterocycles. The van der Waals surface area contributed by atoms with E-state index in [1.807, 2.05) is 6.08 Å². The highest BCUT2D eigenvalue weighted by Gasteiger charge is 2.79. The zero-order valence-corrected chi connectivity index (χ0v) is 17.1. The van der Waals surface area contributed by atoms with E-state index >= 15 is 0 Å². The molecule has 0 aromatic heterocycles. The minimum Gasteiger partial charge on any atom is -0.383 e. The second-order valence-electron chi connectivity index (χ2n) is 10.4. The Morgan fingerprint density at radius 1 is 1.00 bits per heavy atom. The monoisotopic (exact) mass is 420 g/mol. The zero-order chi connectivity index (χ0) is 21.6. The first-order chi connectivity index (χ1) is 13.2. The van der Waals surface area contributed by atoms with E-state index in [4.69, 9.17) is 0 Å². The summed E-state index contributed by atoms with van der Waals surface area (Å²) in [5.74, 6) is -5.03. The molecule has 1 N–H and O–H groups in total. The summed E-state index contributed by atoms with van der Waals surface area (Å²) >= 11 is 0. The Kier molecular flexibility index (Phi) is 4.43. The van der Waals surface area contributed by atoms with Crippen molar-refractivity contribution >= 4 is 5.78 Å². The van der Waals surface area contributed by atoms with Gasteiger partial charge in [0.15, 0.2) is 5.78 Å². The van der Waals surface area contributed by atoms with Gasteiger partial charge in [-0.25, -0.2) is 0 Å². The van der Waals surface area contributed by atoms with Crippen LogP contribution in [0.3, 0.4) is 0 Å². The second kappa shape index (κ2) is 6.04. The van der Waals surface area contributed by atoms with Gasteiger partial charge in [-0.3, -0.25) is 4.79 Å². The quantitative estimate of drug-likeness (QED) is 0.553. The average Bonchev–Trinajstić information content (AvgIpc) is 2.88. The number of rotatable bonds is 1. The van der Waals surface area contributed by atoms with Crippen molar-refractivity contribution in [3.8, 4) is 0 Å². The van der Waals surface area contributed by atoms with Gasteiger partial charge in [0, 0.05) is 11.8 Å². The Bertz CT molecular complexity index is 759. The van der Waals surface area contributed by atoms with Crippen LogP contribution in [0.25, 0.3) is 0 Å². The summed E-state index contributed by atoms with van der Waals surface area (Å²) < 4.78 is 68.6. The van der Waals surface area contributed by atoms with Crippen LogP contribution in [-0.4, -0.2) is 28.6 Å². The average molecular weight is 420 g/mol. The Hall–Kier alpha value is -0.980. The van der Waals surface area contributed by atoms with Gasteiger partial charge in [-0.15, -0.1) is 0 Å². The first-order valence-corrected chi connectivity index (χ1v) is 10.6. The molecule has 0 amide bonds. The van der Waals surface area contributed by atoms with Gasteiger partial charge in [0.25, 0.3) is 0 Å². The van der Waals surface area contributed by atoms with Crippen molar-refractivity contribution in [1.29, 1.82) is 0 Å². The molecule has 4 aliphatic carbocycles. The number of carbonyl (C=O) groups is 1. The normalized spacial score (nSPS) is 47.9. The summed E-state index contributed by atoms with van der Waals surface area (Å²) in [7, 11) is 0. The van der Waals surface area contributed by atoms with Gasteiger partial charge < -0.3 is 5.11 Å². The summed E-state index contributed by atoms with van der Waals surface area (Å²) in [5, 5.41) is 10.8. The molecule has 0 bridgehead atoms. The van der Waals surface area contributed by atoms with E-state index in [1.165, 1.54) is 6.92 Å². The van der Waals surface area contributed by atoms with Crippen LogP contribution in [0.5, 0.6) is 0 Å². The van der Waals surface area contributed by atoms with Crippen LogP contribution in [0.15, 0.2) is 11.6 Å². The maximum absolute atomic E-state index is 14.5. The highest BCUT2D eigenvalue weighted by molar-refractivity contribution is 5.96. The van der Waals surface area contributed by atoms with Gasteiger partial charge in [-0.05, 0) is 80.1 Å². The molecule has 29 heavy (non-hydrogen) atoms. The fraction of sp³-hybridized carbons (Fsp3) is 0.864. The van der Waals surface area contributed by atoms with Gasteiger partial charge in [-0.2, -0.15) is 22.0 Å². The molecule has 2 nitrogen and oxygen atoms in total. The SMILES string of the molecule is CC1=C[C@]2(C)C3CC[C@@]4(C)C(CC[C@@]4(O)C(F)(F)C(F)(F)F)C3CC[C@@H]2CC1=O. The van der Waals surface area contributed by atoms with E-state index in [-0.39, 0.29) is 47.7 Å². The lowest BCUT2D eigenvalue weighted by Crippen LogP contribution is -2.65. The number of allylic oxidation sites excluding steroid dienone is 2. The molecule has 3 fully saturated rings. The Balaban J connectivity index is 1.71. The van der Waals surface area contributed by atoms with Crippen molar-refractivity contribution in [2.75, 3.05) is 0 Å². The predicted octanol–water partition coefficient (Wildman–Crippen LogP) is 5.69. The lowest BCUT2D eigenvalue weighted by molar-refractivity contribution is -0.363. The topological polar surface area (TPSA) is 37.3 Å². The molecule has 3 unspecified atom stereocenters. The number of carbonyl (C=O) groups excluding carboxylic acids is 1. The van der Waals surface area contributed by atoms with Crippen molar-refractivity contribution in [3.63, 3.8) is 0 Å². The number of aliphatic hydroxyl groups is 1. The second-order valence-corrected chi connectivity index (χ2v) is 10.4. The predicted molar refractivity (Wildman–Crippen MR) is 97.2 cm³/mol. The van der Waals surface area contributed by atoms with Crippen LogP contribution in [0.2, 0.25) is 0 Å². The van der Waals surface area contributed by atoms with Crippen molar-refractivity contribution in [2.45, 2.75) is 83.4 Å². The molecule has 4 aliphatic rings. The van der Waals surface area contributed by atoms with Crippen LogP contribution in [-0.2, 0) is 4.79 Å². The number of halogens is 5. The number of hydrogen-bond acceptors (Lipinski definition) is 2. The van der Waals surface area contributed by atoms with E-state index in [0.717, 1.165) is 18.4 Å². The minimum absolute atomic E-state index is 0.00897. The maximum Gasteiger partial charge on any atom is 0.456 e. The third-order valence-electron chi connectivity index (χ3n) is 9.39. The minimum atomic E-state index is -5.77. The molecule has 0 aromatic carbocycles. The van der Waals surface area contributed by atoms with Crippen molar-refractivity contribution in [1.82, 2.24) is 0 Å². The molecular weight excluding hydrogens is 391 g/mol. The van der Waals surface area contributed by atoms with Gasteiger partial charge in [0.2, 0.25) is 0 Å². The first-order valence-electron chi connectivity index (χ1n) is 10.6. The van der Waals surface area contributed by atoms with Crippen LogP contribution in [0.4, 0.5) is 22.0 Å². The third-order valence-corrected chi connectivity index (χ3v) is 9.39. The molecule has 0 aliphatic heterocycles. The number of Topliss-reactive ketones (excluding diaryl/α,β-unsaturated/α-hetero) is 1. The molecule has 7 atom stereocenters. The number of hydrogen-bond donors (Lipinski definition) is 1. The maximum atomic E-state index is 14.5. The summed E-state index contributed by atoms with van der Waals surface area (Å²) in [6.45, 7) is 5.37. The smallest absolute Gasteiger partial charge is 0.383 e. The highest BCUT2D eigenvalue weighted by atomic mass is 19.4. The molecule has 0 heterocycles. The summed E-state index contributed by atoms with van der Waals surface area (Å²) in [6.07, 6.45) is -1.46. The zero-order valence-electron chi connectivity index (χ0n) is 17.1. The van der Waals surface area contributed by atoms with Crippen LogP contribution in [0, 0.1) is 34.5 Å². The fourth-order valence-electron chi connectivity index (χ4n) is 7.71. The largest absolute Gasteiger partial charge is 0.456 e. The van der Waals surface area contributed by atoms with E-state index in [1.54, 1.807) is 6.92 Å². The molecule has 7 heteroatoms. The van der Waals surface area contributed by atoms with Gasteiger partial charge in [0.1, 0.15) is 5.60 Å². The van der Waals surface area contributed by atoms with Gasteiger partial charge >= 0.3 is 12.1 Å². The van der Waals surface area contributed by atoms with E-state index < -0.39 is 29.5 Å². The number of ketones is 1. The van der Waals surface area contributed by atoms with Crippen molar-refractivity contribution in [3.05, 3.63) is 11.6 Å². The van der Waals surface area contributed by atoms with E-state index in [0.29, 0.717) is 12.8 Å². The lowest BCUT2D eigenvalue weighted by atomic mass is 9.45. The third kappa shape index (κ3) is 2.51. The Labute approximate surface area is 167 Å². The molecule has 0 radical (unpaired) electrons. The summed E-state index contributed by atoms with van der Waals surface area (Å²) in [4.78, 5) is 12.2. The Morgan fingerprint density at radius 3 is 2.24 bits per heavy atom. The summed E-state index contributed by atoms with van der Waals surface area (Å²) in [6, 6.07) is 0. The molecule has 4 rings (SSSR count). The fourth-order valence-corrected chi connectivity index (χ4v) is 7.71. The first kappa shape index (κ1) is 21.3. The van der Waals surface area contributed by atoms with Crippen LogP contribution < -0.4 is 0 Å². The van der Waals surface area contributed by atoms with Crippen molar-refractivity contribution in [2.24, 2.45) is 34.5 Å². The number of alkyl halides is 5. The van der Waals surface area contributed by atoms with Gasteiger partial charge in [0.05, 0.1) is 0 Å². The Morgan fingerprint density at radius 2 is 1.62 bits per heavy atom. The van der Waals surface area contributed by atoms with Gasteiger partial charge in [-0.1, -0.05) is 19.9 Å². The number of fused-ring (bicyclic) bond motifs is 5. The highest BCUT2D eigenvalue weighted by Crippen LogP contribution is 2.70. The van der Waals surface area contributed by atoms with E-state index in [2.05, 4.69) is 6.92 Å². The standard InChI is InChI=1S/C22H29F5O2/c1-12-11-18(2)13(10-17(12)28)4-5-14-15(18)6-8-19(3)16(14)7-9-20(19,29)21(23,24)22(25,26)27/h11,13-16,29H,4-10H2,1-3H3/t13-,14?,15?,16?,18+,19+,20+/m1/s1. The molecule has 0 spiro atoms. The molecule has 3 saturated carbocycles. The molecule has 164 valence electrons. The lowest BCUT2D eigenvalue weighted by Gasteiger charge is -2.60. The van der Waals surface area contributed by atoms with E-state index in [9.17, 15) is 31.9 Å².